The van der Waals surface area contributed by atoms with Crippen molar-refractivity contribution in [3.05, 3.63) is 0 Å². The summed E-state index contributed by atoms with van der Waals surface area (Å²) in [6.07, 6.45) is -5.12. The van der Waals surface area contributed by atoms with E-state index in [1.54, 1.807) is 0 Å². The predicted molar refractivity (Wildman–Crippen MR) is 32.7 cm³/mol. The number of nitrogens with two attached hydrogens (primary N) is 1. The van der Waals surface area contributed by atoms with Gasteiger partial charge >= 0.3 is 6.18 Å². The number of hydrogen-bond donors (Lipinski definition) is 2. The summed E-state index contributed by atoms with van der Waals surface area (Å²) in [5.74, 6) is -0.660. The van der Waals surface area contributed by atoms with Crippen LogP contribution in [0.15, 0.2) is 0 Å². The molecule has 0 atom stereocenters. The quantitative estimate of drug-likeness (QED) is 0.584. The Morgan fingerprint density at radius 1 is 1.45 bits per heavy atom. The van der Waals surface area contributed by atoms with Gasteiger partial charge in [-0.15, -0.1) is 0 Å². The molecule has 0 rings (SSSR count). The maximum atomic E-state index is 11.4. The SMILES string of the molecule is NC(=O)CNCCC(F)(F)F. The van der Waals surface area contributed by atoms with E-state index in [1.807, 2.05) is 0 Å². The average molecular weight is 170 g/mol. The molecule has 0 aromatic heterocycles. The number of nitrogens with one attached hydrogen (secondary N) is 1. The van der Waals surface area contributed by atoms with Crippen molar-refractivity contribution in [2.45, 2.75) is 12.6 Å². The van der Waals surface area contributed by atoms with E-state index in [1.165, 1.54) is 0 Å². The Kier molecular flexibility index (Phi) is 3.88. The smallest absolute Gasteiger partial charge is 0.369 e. The molecular weight excluding hydrogens is 161 g/mol. The third-order valence-corrected chi connectivity index (χ3v) is 0.884. The largest absolute Gasteiger partial charge is 0.390 e. The molecule has 1 amide bonds. The molecule has 0 aliphatic carbocycles. The first-order valence-electron chi connectivity index (χ1n) is 2.97. The van der Waals surface area contributed by atoms with Crippen molar-refractivity contribution in [2.75, 3.05) is 13.1 Å². The second kappa shape index (κ2) is 4.17. The number of carbonyl (C=O) groups is 1. The Labute approximate surface area is 61.7 Å². The number of amides is 1. The highest BCUT2D eigenvalue weighted by Gasteiger charge is 2.25. The molecule has 0 spiro atoms. The lowest BCUT2D eigenvalue weighted by atomic mass is 10.4. The highest BCUT2D eigenvalue weighted by atomic mass is 19.4. The van der Waals surface area contributed by atoms with Gasteiger partial charge in [0.2, 0.25) is 5.91 Å². The molecule has 3 N–H and O–H groups in total. The van der Waals surface area contributed by atoms with Gasteiger partial charge in [-0.25, -0.2) is 0 Å². The summed E-state index contributed by atoms with van der Waals surface area (Å²) in [4.78, 5) is 10.0. The van der Waals surface area contributed by atoms with E-state index in [0.29, 0.717) is 0 Å². The average Bonchev–Trinajstić information content (AvgIpc) is 1.78. The third kappa shape index (κ3) is 9.22. The van der Waals surface area contributed by atoms with Crippen LogP contribution in [-0.4, -0.2) is 25.2 Å². The Morgan fingerprint density at radius 3 is 2.36 bits per heavy atom. The van der Waals surface area contributed by atoms with Crippen LogP contribution in [0.3, 0.4) is 0 Å². The molecule has 11 heavy (non-hydrogen) atoms. The monoisotopic (exact) mass is 170 g/mol. The van der Waals surface area contributed by atoms with E-state index in [0.717, 1.165) is 0 Å². The lowest BCUT2D eigenvalue weighted by molar-refractivity contribution is -0.134. The Bertz CT molecular complexity index is 134. The topological polar surface area (TPSA) is 55.1 Å². The number of hydrogen-bond acceptors (Lipinski definition) is 2. The number of carbonyl (C=O) groups excluding carboxylic acids is 1. The molecule has 0 aromatic carbocycles. The van der Waals surface area contributed by atoms with E-state index in [4.69, 9.17) is 0 Å². The number of halogens is 3. The van der Waals surface area contributed by atoms with Gasteiger partial charge in [-0.3, -0.25) is 4.79 Å². The van der Waals surface area contributed by atoms with Crippen LogP contribution in [0, 0.1) is 0 Å². The summed E-state index contributed by atoms with van der Waals surface area (Å²) in [5.41, 5.74) is 4.66. The zero-order valence-electron chi connectivity index (χ0n) is 5.74. The summed E-state index contributed by atoms with van der Waals surface area (Å²) >= 11 is 0. The van der Waals surface area contributed by atoms with Crippen molar-refractivity contribution in [3.8, 4) is 0 Å². The van der Waals surface area contributed by atoms with Crippen molar-refractivity contribution in [1.82, 2.24) is 5.32 Å². The van der Waals surface area contributed by atoms with Gasteiger partial charge in [0.25, 0.3) is 0 Å². The molecule has 0 bridgehead atoms. The third-order valence-electron chi connectivity index (χ3n) is 0.884. The number of alkyl halides is 3. The second-order valence-corrected chi connectivity index (χ2v) is 2.01. The van der Waals surface area contributed by atoms with Crippen molar-refractivity contribution in [2.24, 2.45) is 5.73 Å². The fourth-order valence-electron chi connectivity index (χ4n) is 0.442. The molecule has 0 aliphatic rings. The van der Waals surface area contributed by atoms with Crippen LogP contribution in [0.2, 0.25) is 0 Å². The van der Waals surface area contributed by atoms with Gasteiger partial charge in [-0.2, -0.15) is 13.2 Å². The lowest BCUT2D eigenvalue weighted by Crippen LogP contribution is -2.31. The molecule has 0 saturated heterocycles. The maximum Gasteiger partial charge on any atom is 0.390 e. The van der Waals surface area contributed by atoms with Crippen LogP contribution in [-0.2, 0) is 4.79 Å². The molecule has 0 unspecified atom stereocenters. The van der Waals surface area contributed by atoms with Crippen molar-refractivity contribution in [3.63, 3.8) is 0 Å². The van der Waals surface area contributed by atoms with Crippen LogP contribution in [0.5, 0.6) is 0 Å². The van der Waals surface area contributed by atoms with E-state index >= 15 is 0 Å². The zero-order chi connectivity index (χ0) is 8.91. The number of primary amides is 1. The lowest BCUT2D eigenvalue weighted by Gasteiger charge is -2.05. The molecule has 3 nitrogen and oxygen atoms in total. The van der Waals surface area contributed by atoms with Crippen LogP contribution >= 0.6 is 0 Å². The molecule has 0 aromatic rings. The summed E-state index contributed by atoms with van der Waals surface area (Å²) in [5, 5.41) is 2.25. The molecule has 0 fully saturated rings. The maximum absolute atomic E-state index is 11.4. The minimum absolute atomic E-state index is 0.212. The first-order chi connectivity index (χ1) is 4.92. The fraction of sp³-hybridized carbons (Fsp3) is 0.800. The molecule has 0 radical (unpaired) electrons. The fourth-order valence-corrected chi connectivity index (χ4v) is 0.442. The Balaban J connectivity index is 3.22. The minimum Gasteiger partial charge on any atom is -0.369 e. The molecular formula is C5H9F3N2O. The van der Waals surface area contributed by atoms with E-state index in [9.17, 15) is 18.0 Å². The molecule has 0 saturated carbocycles. The molecule has 66 valence electrons. The summed E-state index contributed by atoms with van der Waals surface area (Å²) in [7, 11) is 0. The van der Waals surface area contributed by atoms with Crippen LogP contribution in [0.1, 0.15) is 6.42 Å². The Morgan fingerprint density at radius 2 is 2.00 bits per heavy atom. The Hall–Kier alpha value is -0.780. The first kappa shape index (κ1) is 10.2. The van der Waals surface area contributed by atoms with Crippen molar-refractivity contribution in [1.29, 1.82) is 0 Å². The summed E-state index contributed by atoms with van der Waals surface area (Å²) in [6.45, 7) is -0.484. The highest BCUT2D eigenvalue weighted by molar-refractivity contribution is 5.75. The van der Waals surface area contributed by atoms with Gasteiger partial charge in [-0.1, -0.05) is 0 Å². The van der Waals surface area contributed by atoms with Crippen molar-refractivity contribution >= 4 is 5.91 Å². The van der Waals surface area contributed by atoms with Gasteiger partial charge in [0, 0.05) is 6.54 Å². The predicted octanol–water partition coefficient (Wildman–Crippen LogP) is 0.0137. The molecule has 0 aliphatic heterocycles. The summed E-state index contributed by atoms with van der Waals surface area (Å²) in [6, 6.07) is 0. The van der Waals surface area contributed by atoms with Crippen LogP contribution < -0.4 is 11.1 Å². The molecule has 6 heteroatoms. The van der Waals surface area contributed by atoms with Crippen LogP contribution in [0.25, 0.3) is 0 Å². The van der Waals surface area contributed by atoms with Gasteiger partial charge in [0.15, 0.2) is 0 Å². The molecule has 0 heterocycles. The highest BCUT2D eigenvalue weighted by Crippen LogP contribution is 2.17. The number of rotatable bonds is 4. The summed E-state index contributed by atoms with van der Waals surface area (Å²) < 4.78 is 34.3. The van der Waals surface area contributed by atoms with Crippen LogP contribution in [0.4, 0.5) is 13.2 Å². The van der Waals surface area contributed by atoms with Gasteiger partial charge < -0.3 is 11.1 Å². The van der Waals surface area contributed by atoms with Crippen molar-refractivity contribution < 1.29 is 18.0 Å². The minimum atomic E-state index is -4.18. The van der Waals surface area contributed by atoms with E-state index in [2.05, 4.69) is 11.1 Å². The zero-order valence-corrected chi connectivity index (χ0v) is 5.74. The van der Waals surface area contributed by atoms with Gasteiger partial charge in [0.05, 0.1) is 13.0 Å². The second-order valence-electron chi connectivity index (χ2n) is 2.01. The normalized spacial score (nSPS) is 11.5. The van der Waals surface area contributed by atoms with E-state index < -0.39 is 18.5 Å². The van der Waals surface area contributed by atoms with E-state index in [-0.39, 0.29) is 13.1 Å². The first-order valence-corrected chi connectivity index (χ1v) is 2.97. The van der Waals surface area contributed by atoms with Gasteiger partial charge in [0.1, 0.15) is 0 Å². The van der Waals surface area contributed by atoms with Gasteiger partial charge in [-0.05, 0) is 0 Å². The standard InChI is InChI=1S/C5H9F3N2O/c6-5(7,8)1-2-10-3-4(9)11/h10H,1-3H2,(H2,9,11).